The van der Waals surface area contributed by atoms with Crippen LogP contribution in [0.1, 0.15) is 11.1 Å². The monoisotopic (exact) mass is 627 g/mol. The Balaban J connectivity index is 1.37. The van der Waals surface area contributed by atoms with Crippen LogP contribution in [0.25, 0.3) is 38.6 Å². The Hall–Kier alpha value is -6.46. The topological polar surface area (TPSA) is 52.5 Å². The molecule has 0 saturated heterocycles. The van der Waals surface area contributed by atoms with Crippen LogP contribution in [-0.4, -0.2) is 12.6 Å². The third kappa shape index (κ3) is 4.55. The fourth-order valence-corrected chi connectivity index (χ4v) is 12.1. The largest absolute Gasteiger partial charge is 0.307 e. The zero-order valence-electron chi connectivity index (χ0n) is 26.1. The molecule has 0 bridgehead atoms. The molecule has 0 aliphatic carbocycles. The van der Waals surface area contributed by atoms with Crippen LogP contribution in [0.4, 0.5) is 0 Å². The normalized spacial score (nSPS) is 11.3. The fraction of sp³-hybridized carbons (Fsp3) is 0. The molecule has 0 amide bonds. The van der Waals surface area contributed by atoms with Gasteiger partial charge in [-0.15, -0.1) is 0 Å². The first-order valence-electron chi connectivity index (χ1n) is 16.0. The van der Waals surface area contributed by atoms with Crippen LogP contribution in [0.3, 0.4) is 0 Å². The SMILES string of the molecule is N#Cc1ccc2c(c1)c1ccccc1n2-c1c(C#N)cccc1-c1ccc([Si](c2ccccc2)(c2ccccc2)c2ccccc2)cc1. The predicted octanol–water partition coefficient (Wildman–Crippen LogP) is 7.57. The van der Waals surface area contributed by atoms with Crippen LogP contribution in [0.15, 0.2) is 176 Å². The summed E-state index contributed by atoms with van der Waals surface area (Å²) in [6.07, 6.45) is 0. The van der Waals surface area contributed by atoms with Crippen LogP contribution in [0.5, 0.6) is 0 Å². The molecule has 0 fully saturated rings. The summed E-state index contributed by atoms with van der Waals surface area (Å²) in [6, 6.07) is 66.5. The van der Waals surface area contributed by atoms with E-state index in [1.807, 2.05) is 42.5 Å². The Labute approximate surface area is 280 Å². The zero-order chi connectivity index (χ0) is 32.5. The number of aromatic nitrogens is 1. The van der Waals surface area contributed by atoms with Crippen LogP contribution in [0, 0.1) is 22.7 Å². The van der Waals surface area contributed by atoms with Crippen molar-refractivity contribution < 1.29 is 0 Å². The Bertz CT molecular complexity index is 2410. The Morgan fingerprint density at radius 3 is 1.56 bits per heavy atom. The van der Waals surface area contributed by atoms with Crippen molar-refractivity contribution in [1.29, 1.82) is 10.5 Å². The number of para-hydroxylation sites is 2. The standard InChI is InChI=1S/C44H29N3Si/c45-30-32-23-28-43-41(29-32)40-20-10-11-22-42(40)47(43)44-34(31-46)13-12-21-39(44)33-24-26-38(27-25-33)48(35-14-4-1-5-15-35,36-16-6-2-7-17-36)37-18-8-3-9-19-37/h1-29H. The van der Waals surface area contributed by atoms with Crippen molar-refractivity contribution in [1.82, 2.24) is 4.57 Å². The van der Waals surface area contributed by atoms with Crippen LogP contribution >= 0.6 is 0 Å². The van der Waals surface area contributed by atoms with Gasteiger partial charge in [0, 0.05) is 16.3 Å². The third-order valence-electron chi connectivity index (χ3n) is 9.43. The lowest BCUT2D eigenvalue weighted by atomic mass is 10.00. The summed E-state index contributed by atoms with van der Waals surface area (Å²) < 4.78 is 2.19. The smallest absolute Gasteiger partial charge is 0.179 e. The average Bonchev–Trinajstić information content (AvgIpc) is 3.49. The number of benzene rings is 7. The van der Waals surface area contributed by atoms with Crippen molar-refractivity contribution >= 4 is 50.6 Å². The molecular formula is C44H29N3Si. The van der Waals surface area contributed by atoms with E-state index in [2.05, 4.69) is 150 Å². The summed E-state index contributed by atoms with van der Waals surface area (Å²) in [4.78, 5) is 0. The van der Waals surface area contributed by atoms with Crippen molar-refractivity contribution in [3.8, 4) is 29.0 Å². The maximum atomic E-state index is 10.4. The first kappa shape index (κ1) is 29.0. The molecule has 0 aliphatic rings. The van der Waals surface area contributed by atoms with Crippen molar-refractivity contribution in [2.45, 2.75) is 0 Å². The Morgan fingerprint density at radius 2 is 0.979 bits per heavy atom. The molecule has 4 heteroatoms. The van der Waals surface area contributed by atoms with Gasteiger partial charge in [0.2, 0.25) is 0 Å². The van der Waals surface area contributed by atoms with Crippen molar-refractivity contribution in [2.24, 2.45) is 0 Å². The molecule has 1 aromatic heterocycles. The van der Waals surface area contributed by atoms with Gasteiger partial charge in [-0.05, 0) is 56.6 Å². The van der Waals surface area contributed by atoms with E-state index in [-0.39, 0.29) is 0 Å². The number of nitrogens with zero attached hydrogens (tertiary/aromatic N) is 3. The third-order valence-corrected chi connectivity index (χ3v) is 14.2. The molecule has 224 valence electrons. The van der Waals surface area contributed by atoms with E-state index in [9.17, 15) is 10.5 Å². The van der Waals surface area contributed by atoms with Gasteiger partial charge in [0.25, 0.3) is 0 Å². The van der Waals surface area contributed by atoms with E-state index in [0.717, 1.165) is 38.6 Å². The lowest BCUT2D eigenvalue weighted by molar-refractivity contribution is 1.17. The molecule has 8 aromatic rings. The second kappa shape index (κ2) is 12.0. The lowest BCUT2D eigenvalue weighted by Gasteiger charge is -2.34. The lowest BCUT2D eigenvalue weighted by Crippen LogP contribution is -2.74. The summed E-state index contributed by atoms with van der Waals surface area (Å²) in [5.41, 5.74) is 5.98. The molecule has 0 spiro atoms. The van der Waals surface area contributed by atoms with Crippen molar-refractivity contribution in [3.63, 3.8) is 0 Å². The predicted molar refractivity (Wildman–Crippen MR) is 199 cm³/mol. The van der Waals surface area contributed by atoms with Gasteiger partial charge in [-0.3, -0.25) is 0 Å². The molecule has 0 atom stereocenters. The van der Waals surface area contributed by atoms with E-state index in [0.29, 0.717) is 11.1 Å². The number of nitriles is 2. The number of hydrogen-bond donors (Lipinski definition) is 0. The molecule has 3 nitrogen and oxygen atoms in total. The van der Waals surface area contributed by atoms with E-state index >= 15 is 0 Å². The summed E-state index contributed by atoms with van der Waals surface area (Å²) in [5, 5.41) is 27.4. The second-order valence-electron chi connectivity index (χ2n) is 11.9. The Morgan fingerprint density at radius 1 is 0.438 bits per heavy atom. The van der Waals surface area contributed by atoms with Gasteiger partial charge >= 0.3 is 0 Å². The molecule has 0 N–H and O–H groups in total. The minimum Gasteiger partial charge on any atom is -0.307 e. The summed E-state index contributed by atoms with van der Waals surface area (Å²) in [7, 11) is -2.67. The zero-order valence-corrected chi connectivity index (χ0v) is 27.1. The molecule has 1 heterocycles. The van der Waals surface area contributed by atoms with Gasteiger partial charge in [0.05, 0.1) is 33.9 Å². The van der Waals surface area contributed by atoms with E-state index in [1.165, 1.54) is 20.7 Å². The van der Waals surface area contributed by atoms with Gasteiger partial charge in [0.15, 0.2) is 8.07 Å². The van der Waals surface area contributed by atoms with Gasteiger partial charge in [0.1, 0.15) is 6.07 Å². The van der Waals surface area contributed by atoms with E-state index in [4.69, 9.17) is 0 Å². The number of hydrogen-bond acceptors (Lipinski definition) is 2. The van der Waals surface area contributed by atoms with Crippen LogP contribution < -0.4 is 20.7 Å². The van der Waals surface area contributed by atoms with Crippen LogP contribution in [0.2, 0.25) is 0 Å². The fourth-order valence-electron chi connectivity index (χ4n) is 7.36. The maximum absolute atomic E-state index is 10.4. The van der Waals surface area contributed by atoms with Gasteiger partial charge in [-0.1, -0.05) is 146 Å². The van der Waals surface area contributed by atoms with E-state index < -0.39 is 8.07 Å². The highest BCUT2D eigenvalue weighted by atomic mass is 28.3. The first-order chi connectivity index (χ1) is 23.7. The van der Waals surface area contributed by atoms with Crippen LogP contribution in [-0.2, 0) is 0 Å². The summed E-state index contributed by atoms with van der Waals surface area (Å²) >= 11 is 0. The number of fused-ring (bicyclic) bond motifs is 3. The molecule has 7 aromatic carbocycles. The molecule has 0 unspecified atom stereocenters. The first-order valence-corrected chi connectivity index (χ1v) is 18.0. The maximum Gasteiger partial charge on any atom is 0.179 e. The second-order valence-corrected chi connectivity index (χ2v) is 15.7. The molecular weight excluding hydrogens is 599 g/mol. The highest BCUT2D eigenvalue weighted by molar-refractivity contribution is 7.19. The minimum absolute atomic E-state index is 0.588. The quantitative estimate of drug-likeness (QED) is 0.141. The van der Waals surface area contributed by atoms with Gasteiger partial charge in [-0.2, -0.15) is 10.5 Å². The summed E-state index contributed by atoms with van der Waals surface area (Å²) in [6.45, 7) is 0. The highest BCUT2D eigenvalue weighted by Crippen LogP contribution is 2.38. The molecule has 0 radical (unpaired) electrons. The van der Waals surface area contributed by atoms with E-state index in [1.54, 1.807) is 0 Å². The molecule has 48 heavy (non-hydrogen) atoms. The number of rotatable bonds is 6. The van der Waals surface area contributed by atoms with Gasteiger partial charge in [-0.25, -0.2) is 0 Å². The van der Waals surface area contributed by atoms with Crippen molar-refractivity contribution in [3.05, 3.63) is 187 Å². The summed E-state index contributed by atoms with van der Waals surface area (Å²) in [5.74, 6) is 0. The molecule has 0 saturated carbocycles. The Kier molecular flexibility index (Phi) is 7.27. The minimum atomic E-state index is -2.67. The average molecular weight is 628 g/mol. The van der Waals surface area contributed by atoms with Gasteiger partial charge < -0.3 is 4.57 Å². The highest BCUT2D eigenvalue weighted by Gasteiger charge is 2.41. The molecule has 8 rings (SSSR count). The molecule has 0 aliphatic heterocycles. The van der Waals surface area contributed by atoms with Crippen molar-refractivity contribution in [2.75, 3.05) is 0 Å².